The number of hydrogen-bond donors (Lipinski definition) is 3. The Labute approximate surface area is 120 Å². The van der Waals surface area contributed by atoms with E-state index in [9.17, 15) is 0 Å². The van der Waals surface area contributed by atoms with Gasteiger partial charge >= 0.3 is 0 Å². The smallest absolute Gasteiger partial charge is 0.206 e. The molecule has 1 saturated carbocycles. The predicted octanol–water partition coefficient (Wildman–Crippen LogP) is 2.75. The molecule has 1 aromatic heterocycles. The Bertz CT molecular complexity index is 399. The van der Waals surface area contributed by atoms with Crippen molar-refractivity contribution < 1.29 is 0 Å². The van der Waals surface area contributed by atoms with Gasteiger partial charge < -0.3 is 5.32 Å². The van der Waals surface area contributed by atoms with E-state index in [0.29, 0.717) is 18.5 Å². The van der Waals surface area contributed by atoms with Crippen molar-refractivity contribution in [3.63, 3.8) is 0 Å². The van der Waals surface area contributed by atoms with E-state index in [1.807, 2.05) is 0 Å². The van der Waals surface area contributed by atoms with Crippen LogP contribution < -0.4 is 16.6 Å². The third-order valence-corrected chi connectivity index (χ3v) is 4.78. The van der Waals surface area contributed by atoms with Crippen LogP contribution in [0.3, 0.4) is 0 Å². The van der Waals surface area contributed by atoms with Crippen LogP contribution in [-0.2, 0) is 6.54 Å². The lowest BCUT2D eigenvalue weighted by Gasteiger charge is -2.24. The van der Waals surface area contributed by atoms with Crippen molar-refractivity contribution >= 4 is 33.2 Å². The van der Waals surface area contributed by atoms with Crippen molar-refractivity contribution in [3.05, 3.63) is 20.8 Å². The summed E-state index contributed by atoms with van der Waals surface area (Å²) in [5.41, 5.74) is 2.66. The molecule has 0 aliphatic heterocycles. The summed E-state index contributed by atoms with van der Waals surface area (Å²) in [5, 5.41) is 5.45. The van der Waals surface area contributed by atoms with E-state index in [0.717, 1.165) is 4.47 Å². The van der Waals surface area contributed by atoms with Gasteiger partial charge in [-0.3, -0.25) is 5.43 Å². The molecule has 4 nitrogen and oxygen atoms in total. The molecule has 0 saturated heterocycles. The molecule has 4 N–H and O–H groups in total. The van der Waals surface area contributed by atoms with Crippen LogP contribution in [0.25, 0.3) is 0 Å². The maximum absolute atomic E-state index is 5.51. The molecule has 0 atom stereocenters. The topological polar surface area (TPSA) is 62.4 Å². The second-order valence-corrected chi connectivity index (χ2v) is 6.43. The van der Waals surface area contributed by atoms with Crippen LogP contribution in [0.4, 0.5) is 0 Å². The lowest BCUT2D eigenvalue weighted by molar-refractivity contribution is 0.410. The van der Waals surface area contributed by atoms with E-state index in [1.165, 1.54) is 37.0 Å². The summed E-state index contributed by atoms with van der Waals surface area (Å²) in [7, 11) is 0. The number of rotatable bonds is 3. The first-order chi connectivity index (χ1) is 8.78. The molecular weight excluding hydrogens is 312 g/mol. The van der Waals surface area contributed by atoms with Crippen molar-refractivity contribution in [1.29, 1.82) is 0 Å². The zero-order valence-corrected chi connectivity index (χ0v) is 12.7. The highest BCUT2D eigenvalue weighted by molar-refractivity contribution is 9.10. The Morgan fingerprint density at radius 2 is 2.22 bits per heavy atom. The maximum atomic E-state index is 5.51. The van der Waals surface area contributed by atoms with Crippen LogP contribution in [0.5, 0.6) is 0 Å². The summed E-state index contributed by atoms with van der Waals surface area (Å²) in [4.78, 5) is 5.70. The van der Waals surface area contributed by atoms with Gasteiger partial charge in [0.15, 0.2) is 0 Å². The van der Waals surface area contributed by atoms with Crippen molar-refractivity contribution in [2.24, 2.45) is 10.8 Å². The highest BCUT2D eigenvalue weighted by atomic mass is 79.9. The number of nitrogens with two attached hydrogens (primary N) is 1. The molecule has 100 valence electrons. The van der Waals surface area contributed by atoms with Gasteiger partial charge in [-0.15, -0.1) is 11.3 Å². The zero-order chi connectivity index (χ0) is 12.8. The fourth-order valence-electron chi connectivity index (χ4n) is 2.17. The molecule has 1 heterocycles. The van der Waals surface area contributed by atoms with E-state index >= 15 is 0 Å². The number of halogens is 1. The van der Waals surface area contributed by atoms with Gasteiger partial charge in [-0.2, -0.15) is 0 Å². The molecule has 1 aromatic rings. The first kappa shape index (κ1) is 13.8. The third kappa shape index (κ3) is 4.26. The second kappa shape index (κ2) is 7.11. The minimum absolute atomic E-state index is 0.517. The number of aliphatic imine (C=N–C) groups is 1. The van der Waals surface area contributed by atoms with Gasteiger partial charge in [0.1, 0.15) is 0 Å². The minimum atomic E-state index is 0.517. The standard InChI is InChI=1S/C12H19BrN4S/c13-9-6-11(18-8-9)7-15-12(17-14)16-10-4-2-1-3-5-10/h6,8,10H,1-5,7,14H2,(H2,15,16,17). The first-order valence-corrected chi connectivity index (χ1v) is 7.95. The lowest BCUT2D eigenvalue weighted by atomic mass is 9.96. The van der Waals surface area contributed by atoms with Crippen LogP contribution in [0, 0.1) is 0 Å². The fourth-order valence-corrected chi connectivity index (χ4v) is 3.54. The molecule has 0 aromatic carbocycles. The van der Waals surface area contributed by atoms with Crippen LogP contribution in [0.1, 0.15) is 37.0 Å². The quantitative estimate of drug-likeness (QED) is 0.345. The molecule has 1 fully saturated rings. The molecule has 0 unspecified atom stereocenters. The average molecular weight is 331 g/mol. The Balaban J connectivity index is 1.86. The van der Waals surface area contributed by atoms with Gasteiger partial charge in [0.2, 0.25) is 5.96 Å². The van der Waals surface area contributed by atoms with E-state index in [1.54, 1.807) is 11.3 Å². The molecular formula is C12H19BrN4S. The molecule has 1 aliphatic rings. The van der Waals surface area contributed by atoms with E-state index in [-0.39, 0.29) is 0 Å². The number of nitrogens with one attached hydrogen (secondary N) is 2. The summed E-state index contributed by atoms with van der Waals surface area (Å²) >= 11 is 5.14. The minimum Gasteiger partial charge on any atom is -0.353 e. The number of nitrogens with zero attached hydrogens (tertiary/aromatic N) is 1. The van der Waals surface area contributed by atoms with Crippen molar-refractivity contribution in [3.8, 4) is 0 Å². The average Bonchev–Trinajstić information content (AvgIpc) is 2.81. The monoisotopic (exact) mass is 330 g/mol. The fraction of sp³-hybridized carbons (Fsp3) is 0.583. The van der Waals surface area contributed by atoms with E-state index in [2.05, 4.69) is 43.1 Å². The van der Waals surface area contributed by atoms with Gasteiger partial charge in [-0.1, -0.05) is 19.3 Å². The molecule has 0 spiro atoms. The third-order valence-electron chi connectivity index (χ3n) is 3.10. The van der Waals surface area contributed by atoms with Crippen molar-refractivity contribution in [1.82, 2.24) is 10.7 Å². The van der Waals surface area contributed by atoms with Crippen LogP contribution in [0.2, 0.25) is 0 Å². The van der Waals surface area contributed by atoms with Gasteiger partial charge in [0.05, 0.1) is 6.54 Å². The predicted molar refractivity (Wildman–Crippen MR) is 80.5 cm³/mol. The molecule has 1 aliphatic carbocycles. The Morgan fingerprint density at radius 3 is 2.83 bits per heavy atom. The molecule has 0 amide bonds. The Morgan fingerprint density at radius 1 is 1.44 bits per heavy atom. The van der Waals surface area contributed by atoms with Gasteiger partial charge in [0, 0.05) is 20.8 Å². The van der Waals surface area contributed by atoms with Gasteiger partial charge in [-0.25, -0.2) is 10.8 Å². The normalized spacial score (nSPS) is 17.8. The van der Waals surface area contributed by atoms with Crippen molar-refractivity contribution in [2.75, 3.05) is 0 Å². The summed E-state index contributed by atoms with van der Waals surface area (Å²) < 4.78 is 1.11. The maximum Gasteiger partial charge on any atom is 0.206 e. The second-order valence-electron chi connectivity index (χ2n) is 4.52. The molecule has 0 radical (unpaired) electrons. The molecule has 18 heavy (non-hydrogen) atoms. The summed E-state index contributed by atoms with van der Waals surface area (Å²) in [6.07, 6.45) is 6.38. The van der Waals surface area contributed by atoms with E-state index in [4.69, 9.17) is 5.84 Å². The summed E-state index contributed by atoms with van der Waals surface area (Å²) in [6.45, 7) is 0.662. The Kier molecular flexibility index (Phi) is 5.46. The van der Waals surface area contributed by atoms with Crippen LogP contribution >= 0.6 is 27.3 Å². The first-order valence-electron chi connectivity index (χ1n) is 6.28. The van der Waals surface area contributed by atoms with Crippen molar-refractivity contribution in [2.45, 2.75) is 44.7 Å². The van der Waals surface area contributed by atoms with Gasteiger partial charge in [0.25, 0.3) is 0 Å². The SMILES string of the molecule is NNC(=NCc1cc(Br)cs1)NC1CCCCC1. The number of hydrazine groups is 1. The number of thiophene rings is 1. The largest absolute Gasteiger partial charge is 0.353 e. The van der Waals surface area contributed by atoms with Crippen LogP contribution in [-0.4, -0.2) is 12.0 Å². The Hall–Kier alpha value is -0.590. The molecule has 2 rings (SSSR count). The molecule has 0 bridgehead atoms. The highest BCUT2D eigenvalue weighted by Gasteiger charge is 2.14. The van der Waals surface area contributed by atoms with Crippen LogP contribution in [0.15, 0.2) is 20.9 Å². The zero-order valence-electron chi connectivity index (χ0n) is 10.3. The lowest BCUT2D eigenvalue weighted by Crippen LogP contribution is -2.47. The summed E-state index contributed by atoms with van der Waals surface area (Å²) in [5.74, 6) is 6.21. The molecule has 6 heteroatoms. The number of guanidine groups is 1. The van der Waals surface area contributed by atoms with E-state index < -0.39 is 0 Å². The van der Waals surface area contributed by atoms with Gasteiger partial charge in [-0.05, 0) is 34.8 Å². The summed E-state index contributed by atoms with van der Waals surface area (Å²) in [6, 6.07) is 2.60. The highest BCUT2D eigenvalue weighted by Crippen LogP contribution is 2.20. The number of hydrogen-bond acceptors (Lipinski definition) is 3.